The van der Waals surface area contributed by atoms with Crippen LogP contribution >= 0.6 is 0 Å². The van der Waals surface area contributed by atoms with Crippen molar-refractivity contribution in [3.63, 3.8) is 0 Å². The number of aliphatic hydroxyl groups excluding tert-OH is 1. The normalized spacial score (nSPS) is 25.6. The molecule has 1 fully saturated rings. The van der Waals surface area contributed by atoms with E-state index in [-0.39, 0.29) is 19.0 Å². The summed E-state index contributed by atoms with van der Waals surface area (Å²) in [5.74, 6) is -0.227. The van der Waals surface area contributed by atoms with Crippen molar-refractivity contribution in [2.75, 3.05) is 13.1 Å². The molecule has 1 aromatic rings. The van der Waals surface area contributed by atoms with E-state index in [4.69, 9.17) is 0 Å². The predicted octanol–water partition coefficient (Wildman–Crippen LogP) is 0.841. The Balaban J connectivity index is 2.10. The van der Waals surface area contributed by atoms with Crippen LogP contribution in [-0.2, 0) is 0 Å². The quantitative estimate of drug-likeness (QED) is 0.744. The van der Waals surface area contributed by atoms with Crippen LogP contribution in [0.5, 0.6) is 0 Å². The number of rotatable bonds is 1. The number of alkyl halides is 1. The average molecular weight is 209 g/mol. The Hall–Kier alpha value is -1.42. The molecule has 0 spiro atoms. The number of halogens is 1. The van der Waals surface area contributed by atoms with Crippen molar-refractivity contribution in [1.29, 1.82) is 0 Å². The summed E-state index contributed by atoms with van der Waals surface area (Å²) < 4.78 is 13.0. The van der Waals surface area contributed by atoms with E-state index in [0.29, 0.717) is 5.56 Å². The van der Waals surface area contributed by atoms with Gasteiger partial charge in [0.1, 0.15) is 12.3 Å². The number of β-amino-alcohol motifs (C(OH)–C–C–N with tert-alkyl or cyclic N) is 1. The monoisotopic (exact) mass is 209 g/mol. The first kappa shape index (κ1) is 10.1. The summed E-state index contributed by atoms with van der Waals surface area (Å²) in [5.41, 5.74) is 0.527. The Morgan fingerprint density at radius 1 is 1.33 bits per heavy atom. The smallest absolute Gasteiger partial charge is 0.254 e. The molecule has 0 bridgehead atoms. The molecule has 1 amide bonds. The van der Waals surface area contributed by atoms with Crippen molar-refractivity contribution in [3.05, 3.63) is 35.9 Å². The first-order chi connectivity index (χ1) is 7.18. The van der Waals surface area contributed by atoms with Gasteiger partial charge >= 0.3 is 0 Å². The molecule has 1 saturated heterocycles. The first-order valence-electron chi connectivity index (χ1n) is 4.85. The molecule has 1 aliphatic heterocycles. The van der Waals surface area contributed by atoms with Crippen molar-refractivity contribution < 1.29 is 14.3 Å². The van der Waals surface area contributed by atoms with E-state index < -0.39 is 12.3 Å². The lowest BCUT2D eigenvalue weighted by atomic mass is 10.2. The van der Waals surface area contributed by atoms with E-state index in [1.54, 1.807) is 24.3 Å². The maximum atomic E-state index is 13.0. The summed E-state index contributed by atoms with van der Waals surface area (Å²) in [4.78, 5) is 13.1. The first-order valence-corrected chi connectivity index (χ1v) is 4.85. The van der Waals surface area contributed by atoms with Crippen molar-refractivity contribution in [3.8, 4) is 0 Å². The molecule has 0 aliphatic carbocycles. The van der Waals surface area contributed by atoms with Crippen LogP contribution in [0.4, 0.5) is 4.39 Å². The number of hydrogen-bond acceptors (Lipinski definition) is 2. The lowest BCUT2D eigenvalue weighted by Gasteiger charge is -2.14. The molecule has 80 valence electrons. The summed E-state index contributed by atoms with van der Waals surface area (Å²) in [6.45, 7) is 0.0593. The van der Waals surface area contributed by atoms with Crippen molar-refractivity contribution in [2.45, 2.75) is 12.3 Å². The lowest BCUT2D eigenvalue weighted by Crippen LogP contribution is -2.29. The number of hydrogen-bond donors (Lipinski definition) is 1. The highest BCUT2D eigenvalue weighted by Gasteiger charge is 2.34. The third kappa shape index (κ3) is 1.99. The van der Waals surface area contributed by atoms with Gasteiger partial charge in [0.15, 0.2) is 0 Å². The molecule has 0 unspecified atom stereocenters. The maximum absolute atomic E-state index is 13.0. The van der Waals surface area contributed by atoms with Gasteiger partial charge in [-0.2, -0.15) is 0 Å². The number of aliphatic hydroxyl groups is 1. The molecular formula is C11H12FNO2. The molecule has 0 saturated carbocycles. The Kier molecular flexibility index (Phi) is 2.68. The third-order valence-electron chi connectivity index (χ3n) is 2.53. The third-order valence-corrected chi connectivity index (χ3v) is 2.53. The Bertz CT molecular complexity index is 345. The van der Waals surface area contributed by atoms with Crippen LogP contribution in [-0.4, -0.2) is 41.3 Å². The highest BCUT2D eigenvalue weighted by atomic mass is 19.1. The van der Waals surface area contributed by atoms with Crippen LogP contribution in [0.25, 0.3) is 0 Å². The molecule has 0 radical (unpaired) electrons. The van der Waals surface area contributed by atoms with Gasteiger partial charge in [0.25, 0.3) is 5.91 Å². The number of amides is 1. The topological polar surface area (TPSA) is 40.5 Å². The van der Waals surface area contributed by atoms with Crippen molar-refractivity contribution >= 4 is 5.91 Å². The maximum Gasteiger partial charge on any atom is 0.254 e. The van der Waals surface area contributed by atoms with E-state index in [2.05, 4.69) is 0 Å². The number of likely N-dealkylation sites (tertiary alicyclic amines) is 1. The minimum Gasteiger partial charge on any atom is -0.388 e. The van der Waals surface area contributed by atoms with E-state index in [0.717, 1.165) is 0 Å². The van der Waals surface area contributed by atoms with Crippen LogP contribution in [0.3, 0.4) is 0 Å². The van der Waals surface area contributed by atoms with E-state index in [9.17, 15) is 14.3 Å². The van der Waals surface area contributed by atoms with Gasteiger partial charge in [-0.1, -0.05) is 18.2 Å². The van der Waals surface area contributed by atoms with Gasteiger partial charge in [0.2, 0.25) is 0 Å². The standard InChI is InChI=1S/C11H12FNO2/c12-9-6-13(7-10(9)14)11(15)8-4-2-1-3-5-8/h1-5,9-10,14H,6-7H2/t9-,10-/m0/s1. The molecule has 1 heterocycles. The van der Waals surface area contributed by atoms with Gasteiger partial charge in [-0.05, 0) is 12.1 Å². The molecule has 4 heteroatoms. The van der Waals surface area contributed by atoms with Crippen LogP contribution in [0.15, 0.2) is 30.3 Å². The number of nitrogens with zero attached hydrogens (tertiary/aromatic N) is 1. The van der Waals surface area contributed by atoms with Gasteiger partial charge < -0.3 is 10.0 Å². The molecule has 15 heavy (non-hydrogen) atoms. The van der Waals surface area contributed by atoms with Crippen LogP contribution in [0.2, 0.25) is 0 Å². The summed E-state index contributed by atoms with van der Waals surface area (Å²) >= 11 is 0. The summed E-state index contributed by atoms with van der Waals surface area (Å²) in [6, 6.07) is 8.69. The molecule has 1 aliphatic rings. The second-order valence-electron chi connectivity index (χ2n) is 3.66. The van der Waals surface area contributed by atoms with Crippen molar-refractivity contribution in [2.24, 2.45) is 0 Å². The highest BCUT2D eigenvalue weighted by molar-refractivity contribution is 5.94. The Morgan fingerprint density at radius 3 is 2.53 bits per heavy atom. The summed E-state index contributed by atoms with van der Waals surface area (Å²) in [6.07, 6.45) is -2.37. The van der Waals surface area contributed by atoms with E-state index >= 15 is 0 Å². The molecule has 2 rings (SSSR count). The largest absolute Gasteiger partial charge is 0.388 e. The van der Waals surface area contributed by atoms with Crippen LogP contribution in [0, 0.1) is 0 Å². The fraction of sp³-hybridized carbons (Fsp3) is 0.364. The molecule has 3 nitrogen and oxygen atoms in total. The van der Waals surface area contributed by atoms with Gasteiger partial charge in [0.05, 0.1) is 6.54 Å². The van der Waals surface area contributed by atoms with Crippen molar-refractivity contribution in [1.82, 2.24) is 4.90 Å². The number of carbonyl (C=O) groups is 1. The van der Waals surface area contributed by atoms with Crippen LogP contribution < -0.4 is 0 Å². The minimum absolute atomic E-state index is 0.0190. The number of benzene rings is 1. The van der Waals surface area contributed by atoms with Gasteiger partial charge in [0, 0.05) is 12.1 Å². The average Bonchev–Trinajstić information content (AvgIpc) is 2.59. The van der Waals surface area contributed by atoms with E-state index in [1.165, 1.54) is 4.90 Å². The predicted molar refractivity (Wildman–Crippen MR) is 53.2 cm³/mol. The summed E-state index contributed by atoms with van der Waals surface area (Å²) in [5, 5.41) is 9.20. The SMILES string of the molecule is O=C(c1ccccc1)N1C[C@H](O)[C@@H](F)C1. The highest BCUT2D eigenvalue weighted by Crippen LogP contribution is 2.16. The molecule has 1 N–H and O–H groups in total. The molecule has 1 aromatic carbocycles. The van der Waals surface area contributed by atoms with Gasteiger partial charge in [-0.3, -0.25) is 4.79 Å². The number of carbonyl (C=O) groups excluding carboxylic acids is 1. The van der Waals surface area contributed by atoms with Crippen LogP contribution in [0.1, 0.15) is 10.4 Å². The Morgan fingerprint density at radius 2 is 2.00 bits per heavy atom. The lowest BCUT2D eigenvalue weighted by molar-refractivity contribution is 0.0764. The zero-order valence-corrected chi connectivity index (χ0v) is 8.14. The fourth-order valence-electron chi connectivity index (χ4n) is 1.68. The molecule has 0 aromatic heterocycles. The zero-order valence-electron chi connectivity index (χ0n) is 8.14. The minimum atomic E-state index is -1.32. The molecule has 2 atom stereocenters. The zero-order chi connectivity index (χ0) is 10.8. The van der Waals surface area contributed by atoms with E-state index in [1.807, 2.05) is 6.07 Å². The van der Waals surface area contributed by atoms with Gasteiger partial charge in [-0.15, -0.1) is 0 Å². The summed E-state index contributed by atoms with van der Waals surface area (Å²) in [7, 11) is 0. The fourth-order valence-corrected chi connectivity index (χ4v) is 1.68. The second-order valence-corrected chi connectivity index (χ2v) is 3.66. The Labute approximate surface area is 87.1 Å². The van der Waals surface area contributed by atoms with Gasteiger partial charge in [-0.25, -0.2) is 4.39 Å². The molecular weight excluding hydrogens is 197 g/mol. The second kappa shape index (κ2) is 3.98.